The normalized spacial score (nSPS) is 12.4. The van der Waals surface area contributed by atoms with Gasteiger partial charge in [-0.25, -0.2) is 0 Å². The molecule has 230 valence electrons. The quantitative estimate of drug-likeness (QED) is 0.165. The largest absolute Gasteiger partial charge is 0.309 e. The van der Waals surface area contributed by atoms with Gasteiger partial charge in [-0.05, 0) is 74.8 Å². The third kappa shape index (κ3) is 3.22. The van der Waals surface area contributed by atoms with Crippen molar-refractivity contribution in [3.8, 4) is 33.8 Å². The summed E-state index contributed by atoms with van der Waals surface area (Å²) in [6, 6.07) is 58.0. The number of nitrogens with zero attached hydrogens (tertiary/aromatic N) is 3. The number of hydrogen-bond acceptors (Lipinski definition) is 1. The highest BCUT2D eigenvalue weighted by Crippen LogP contribution is 2.50. The van der Waals surface area contributed by atoms with E-state index >= 15 is 0 Å². The van der Waals surface area contributed by atoms with Gasteiger partial charge >= 0.3 is 0 Å². The fourth-order valence-corrected chi connectivity index (χ4v) is 9.07. The van der Waals surface area contributed by atoms with Crippen LogP contribution in [0.4, 0.5) is 0 Å². The van der Waals surface area contributed by atoms with E-state index in [9.17, 15) is 0 Å². The van der Waals surface area contributed by atoms with E-state index in [1.165, 1.54) is 87.2 Å². The van der Waals surface area contributed by atoms with Crippen LogP contribution >= 0.6 is 0 Å². The summed E-state index contributed by atoms with van der Waals surface area (Å²) in [6.45, 7) is 0. The summed E-state index contributed by atoms with van der Waals surface area (Å²) in [4.78, 5) is 5.09. The summed E-state index contributed by atoms with van der Waals surface area (Å²) in [6.07, 6.45) is 1.93. The van der Waals surface area contributed by atoms with Gasteiger partial charge in [-0.1, -0.05) is 115 Å². The zero-order chi connectivity index (χ0) is 32.5. The second kappa shape index (κ2) is 9.46. The number of rotatable bonds is 1. The Kier molecular flexibility index (Phi) is 4.97. The van der Waals surface area contributed by atoms with Crippen molar-refractivity contribution in [3.63, 3.8) is 0 Å². The Balaban J connectivity index is 1.31. The van der Waals surface area contributed by atoms with Crippen molar-refractivity contribution < 1.29 is 0 Å². The van der Waals surface area contributed by atoms with Crippen LogP contribution < -0.4 is 0 Å². The summed E-state index contributed by atoms with van der Waals surface area (Å²) < 4.78 is 5.00. The smallest absolute Gasteiger partial charge is 0.0802 e. The van der Waals surface area contributed by atoms with Crippen LogP contribution in [0.5, 0.6) is 0 Å². The SMILES string of the molecule is c1ccc2c(c1)-c1cccnc1-c1cc3c4ccccc4n(-c4ccc5c6ccccc6c6ccccc6c5c4)c3c3c4ccccc4n-2c13. The Labute approximate surface area is 286 Å². The molecule has 0 N–H and O–H groups in total. The maximum absolute atomic E-state index is 5.09. The molecule has 0 saturated carbocycles. The van der Waals surface area contributed by atoms with E-state index < -0.39 is 0 Å². The minimum atomic E-state index is 1.02. The van der Waals surface area contributed by atoms with E-state index in [1.54, 1.807) is 0 Å². The lowest BCUT2D eigenvalue weighted by Gasteiger charge is -2.15. The lowest BCUT2D eigenvalue weighted by atomic mass is 9.94. The van der Waals surface area contributed by atoms with Crippen LogP contribution in [0.15, 0.2) is 164 Å². The molecule has 0 radical (unpaired) electrons. The van der Waals surface area contributed by atoms with E-state index in [1.807, 2.05) is 6.20 Å². The van der Waals surface area contributed by atoms with E-state index in [-0.39, 0.29) is 0 Å². The van der Waals surface area contributed by atoms with Gasteiger partial charge in [0.1, 0.15) is 0 Å². The van der Waals surface area contributed by atoms with Gasteiger partial charge < -0.3 is 9.13 Å². The van der Waals surface area contributed by atoms with Crippen molar-refractivity contribution in [2.45, 2.75) is 0 Å². The number of aromatic nitrogens is 3. The van der Waals surface area contributed by atoms with Crippen molar-refractivity contribution in [1.29, 1.82) is 0 Å². The predicted octanol–water partition coefficient (Wildman–Crippen LogP) is 12.4. The second-order valence-corrected chi connectivity index (χ2v) is 13.5. The summed E-state index contributed by atoms with van der Waals surface area (Å²) >= 11 is 0. The van der Waals surface area contributed by atoms with Gasteiger partial charge in [-0.3, -0.25) is 4.98 Å². The van der Waals surface area contributed by atoms with E-state index in [4.69, 9.17) is 4.98 Å². The first-order chi connectivity index (χ1) is 24.8. The van der Waals surface area contributed by atoms with Crippen molar-refractivity contribution in [2.75, 3.05) is 0 Å². The lowest BCUT2D eigenvalue weighted by molar-refractivity contribution is 1.18. The third-order valence-electron chi connectivity index (χ3n) is 11.1. The van der Waals surface area contributed by atoms with Gasteiger partial charge in [0, 0.05) is 50.1 Å². The van der Waals surface area contributed by atoms with Crippen LogP contribution in [-0.2, 0) is 0 Å². The van der Waals surface area contributed by atoms with Crippen molar-refractivity contribution in [1.82, 2.24) is 14.1 Å². The van der Waals surface area contributed by atoms with E-state index in [0.717, 1.165) is 22.5 Å². The molecular weight excluding hydrogens is 607 g/mol. The molecular formula is C47H27N3. The Morgan fingerprint density at radius 1 is 0.360 bits per heavy atom. The zero-order valence-corrected chi connectivity index (χ0v) is 26.9. The van der Waals surface area contributed by atoms with Gasteiger partial charge in [0.25, 0.3) is 0 Å². The van der Waals surface area contributed by atoms with E-state index in [0.29, 0.717) is 0 Å². The molecule has 8 aromatic carbocycles. The minimum absolute atomic E-state index is 1.02. The highest BCUT2D eigenvalue weighted by molar-refractivity contribution is 6.30. The molecule has 1 aliphatic heterocycles. The predicted molar refractivity (Wildman–Crippen MR) is 210 cm³/mol. The average molecular weight is 634 g/mol. The molecule has 50 heavy (non-hydrogen) atoms. The molecule has 11 aromatic rings. The van der Waals surface area contributed by atoms with Gasteiger partial charge in [-0.2, -0.15) is 0 Å². The van der Waals surface area contributed by atoms with Crippen molar-refractivity contribution in [3.05, 3.63) is 164 Å². The molecule has 3 aromatic heterocycles. The lowest BCUT2D eigenvalue weighted by Crippen LogP contribution is -1.97. The first-order valence-electron chi connectivity index (χ1n) is 17.2. The fraction of sp³-hybridized carbons (Fsp3) is 0. The van der Waals surface area contributed by atoms with Crippen LogP contribution in [-0.4, -0.2) is 14.1 Å². The Bertz CT molecular complexity index is 3230. The van der Waals surface area contributed by atoms with E-state index in [2.05, 4.69) is 167 Å². The third-order valence-corrected chi connectivity index (χ3v) is 11.1. The first-order valence-corrected chi connectivity index (χ1v) is 17.2. The number of hydrogen-bond donors (Lipinski definition) is 0. The molecule has 0 atom stereocenters. The Morgan fingerprint density at radius 3 is 1.70 bits per heavy atom. The number of fused-ring (bicyclic) bond motifs is 18. The molecule has 1 aliphatic rings. The summed E-state index contributed by atoms with van der Waals surface area (Å²) in [5.74, 6) is 0. The van der Waals surface area contributed by atoms with Crippen LogP contribution in [0.1, 0.15) is 0 Å². The molecule has 4 heterocycles. The number of benzene rings is 8. The highest BCUT2D eigenvalue weighted by atomic mass is 15.0. The van der Waals surface area contributed by atoms with Crippen LogP contribution in [0.3, 0.4) is 0 Å². The summed E-state index contributed by atoms with van der Waals surface area (Å²) in [7, 11) is 0. The molecule has 0 bridgehead atoms. The van der Waals surface area contributed by atoms with Crippen LogP contribution in [0.2, 0.25) is 0 Å². The van der Waals surface area contributed by atoms with Crippen LogP contribution in [0.25, 0.3) is 110 Å². The summed E-state index contributed by atoms with van der Waals surface area (Å²) in [5, 5.41) is 12.6. The standard InChI is InChI=1S/C47H27N3/c1-2-14-31-29(12-1)30-13-3-4-15-32(30)38-26-28(23-24-33(31)38)49-41-20-8-6-17-35(41)39-27-40-45-36(19-11-25-48-45)34-16-5-9-21-42(34)50-43-22-10-7-18-37(43)44(46(39)49)47(40)50/h1-27H. The molecule has 0 spiro atoms. The van der Waals surface area contributed by atoms with Gasteiger partial charge in [0.2, 0.25) is 0 Å². The molecule has 0 unspecified atom stereocenters. The van der Waals surface area contributed by atoms with Crippen LogP contribution in [0, 0.1) is 0 Å². The number of para-hydroxylation sites is 3. The maximum atomic E-state index is 5.09. The van der Waals surface area contributed by atoms with Crippen molar-refractivity contribution in [2.24, 2.45) is 0 Å². The molecule has 3 heteroatoms. The Hall–Kier alpha value is -6.71. The molecule has 0 saturated heterocycles. The molecule has 12 rings (SSSR count). The topological polar surface area (TPSA) is 22.8 Å². The maximum Gasteiger partial charge on any atom is 0.0802 e. The summed E-state index contributed by atoms with van der Waals surface area (Å²) in [5.41, 5.74) is 11.7. The second-order valence-electron chi connectivity index (χ2n) is 13.5. The first kappa shape index (κ1) is 26.3. The fourth-order valence-electron chi connectivity index (χ4n) is 9.07. The zero-order valence-electron chi connectivity index (χ0n) is 26.9. The molecule has 0 fully saturated rings. The minimum Gasteiger partial charge on any atom is -0.309 e. The molecule has 0 aliphatic carbocycles. The molecule has 3 nitrogen and oxygen atoms in total. The van der Waals surface area contributed by atoms with Crippen molar-refractivity contribution >= 4 is 75.9 Å². The monoisotopic (exact) mass is 633 g/mol. The number of pyridine rings is 1. The average Bonchev–Trinajstić information content (AvgIpc) is 3.67. The van der Waals surface area contributed by atoms with Gasteiger partial charge in [-0.15, -0.1) is 0 Å². The Morgan fingerprint density at radius 2 is 0.940 bits per heavy atom. The molecule has 0 amide bonds. The van der Waals surface area contributed by atoms with Gasteiger partial charge in [0.15, 0.2) is 0 Å². The van der Waals surface area contributed by atoms with Gasteiger partial charge in [0.05, 0.1) is 33.4 Å². The highest BCUT2D eigenvalue weighted by Gasteiger charge is 2.29.